The molecule has 10 heteroatoms. The fraction of sp³-hybridized carbons (Fsp3) is 0.667. The van der Waals surface area contributed by atoms with Gasteiger partial charge in [0.05, 0.1) is 24.4 Å². The molecule has 1 aliphatic rings. The highest BCUT2D eigenvalue weighted by Gasteiger charge is 2.37. The van der Waals surface area contributed by atoms with E-state index >= 15 is 0 Å². The molecule has 0 bridgehead atoms. The number of nitrogens with one attached hydrogen (secondary N) is 1. The van der Waals surface area contributed by atoms with Crippen LogP contribution in [0.25, 0.3) is 0 Å². The molecule has 126 valence electrons. The van der Waals surface area contributed by atoms with Gasteiger partial charge in [-0.1, -0.05) is 6.92 Å². The van der Waals surface area contributed by atoms with Crippen molar-refractivity contribution in [3.8, 4) is 0 Å². The van der Waals surface area contributed by atoms with Crippen LogP contribution in [0.3, 0.4) is 0 Å². The van der Waals surface area contributed by atoms with Crippen molar-refractivity contribution in [3.05, 3.63) is 11.6 Å². The van der Waals surface area contributed by atoms with Crippen LogP contribution in [0.15, 0.2) is 16.6 Å². The molecule has 0 aliphatic heterocycles. The van der Waals surface area contributed by atoms with E-state index in [1.807, 2.05) is 6.92 Å². The molecule has 0 radical (unpaired) electrons. The minimum atomic E-state index is -3.55. The first-order valence-electron chi connectivity index (χ1n) is 6.75. The van der Waals surface area contributed by atoms with Gasteiger partial charge in [-0.3, -0.25) is 0 Å². The van der Waals surface area contributed by atoms with Crippen LogP contribution in [0, 0.1) is 0 Å². The Morgan fingerprint density at radius 1 is 1.55 bits per heavy atom. The lowest BCUT2D eigenvalue weighted by molar-refractivity contribution is -0.133. The molecule has 0 fully saturated rings. The van der Waals surface area contributed by atoms with Crippen LogP contribution < -0.4 is 16.2 Å². The van der Waals surface area contributed by atoms with Crippen LogP contribution >= 0.6 is 0 Å². The van der Waals surface area contributed by atoms with Crippen molar-refractivity contribution < 1.29 is 23.1 Å². The number of aliphatic imine (C=N–C) groups is 1. The molecule has 0 saturated carbocycles. The molecule has 1 unspecified atom stereocenters. The number of carboxylic acid groups (broad SMARTS) is 1. The maximum atomic E-state index is 11.6. The Kier molecular flexibility index (Phi) is 6.33. The van der Waals surface area contributed by atoms with E-state index in [4.69, 9.17) is 16.2 Å². The monoisotopic (exact) mass is 334 g/mol. The molecule has 1 rings (SSSR count). The SMILES string of the molecule is CCCO[C@@H]1C=C(C(=O)O)CC(N=C(N)N)[C@H]1NS(C)(=O)=O. The smallest absolute Gasteiger partial charge is 0.331 e. The third kappa shape index (κ3) is 5.62. The minimum absolute atomic E-state index is 0.00635. The van der Waals surface area contributed by atoms with Gasteiger partial charge in [0.2, 0.25) is 10.0 Å². The first kappa shape index (κ1) is 18.4. The zero-order chi connectivity index (χ0) is 16.9. The van der Waals surface area contributed by atoms with E-state index in [9.17, 15) is 18.3 Å². The molecule has 0 amide bonds. The van der Waals surface area contributed by atoms with Crippen molar-refractivity contribution in [3.63, 3.8) is 0 Å². The average molecular weight is 334 g/mol. The number of sulfonamides is 1. The Bertz CT molecular complexity index is 568. The van der Waals surface area contributed by atoms with Crippen molar-refractivity contribution in [2.45, 2.75) is 38.0 Å². The van der Waals surface area contributed by atoms with Gasteiger partial charge in [0.1, 0.15) is 0 Å². The molecule has 9 nitrogen and oxygen atoms in total. The summed E-state index contributed by atoms with van der Waals surface area (Å²) in [7, 11) is -3.55. The summed E-state index contributed by atoms with van der Waals surface area (Å²) in [5.41, 5.74) is 10.8. The number of ether oxygens (including phenoxy) is 1. The molecule has 0 saturated heterocycles. The Balaban J connectivity index is 3.19. The first-order chi connectivity index (χ1) is 10.1. The van der Waals surface area contributed by atoms with Gasteiger partial charge in [0, 0.05) is 18.6 Å². The first-order valence-corrected chi connectivity index (χ1v) is 8.64. The normalized spacial score (nSPS) is 25.4. The summed E-state index contributed by atoms with van der Waals surface area (Å²) in [5, 5.41) is 9.18. The van der Waals surface area contributed by atoms with E-state index < -0.39 is 34.2 Å². The minimum Gasteiger partial charge on any atom is -0.478 e. The van der Waals surface area contributed by atoms with Gasteiger partial charge in [0.25, 0.3) is 0 Å². The lowest BCUT2D eigenvalue weighted by Crippen LogP contribution is -2.53. The molecule has 0 aromatic rings. The highest BCUT2D eigenvalue weighted by molar-refractivity contribution is 7.88. The topological polar surface area (TPSA) is 157 Å². The van der Waals surface area contributed by atoms with Crippen molar-refractivity contribution in [2.24, 2.45) is 16.5 Å². The fourth-order valence-corrected chi connectivity index (χ4v) is 3.00. The highest BCUT2D eigenvalue weighted by atomic mass is 32.2. The van der Waals surface area contributed by atoms with Crippen molar-refractivity contribution >= 4 is 22.0 Å². The number of aliphatic carboxylic acids is 1. The molecule has 0 heterocycles. The quantitative estimate of drug-likeness (QED) is 0.335. The zero-order valence-electron chi connectivity index (χ0n) is 12.5. The molecule has 3 atom stereocenters. The van der Waals surface area contributed by atoms with E-state index in [0.29, 0.717) is 13.0 Å². The maximum Gasteiger partial charge on any atom is 0.331 e. The molecule has 22 heavy (non-hydrogen) atoms. The molecule has 0 spiro atoms. The van der Waals surface area contributed by atoms with E-state index in [1.165, 1.54) is 6.08 Å². The number of nitrogens with zero attached hydrogens (tertiary/aromatic N) is 1. The van der Waals surface area contributed by atoms with Crippen molar-refractivity contribution in [1.29, 1.82) is 0 Å². The summed E-state index contributed by atoms with van der Waals surface area (Å²) >= 11 is 0. The zero-order valence-corrected chi connectivity index (χ0v) is 13.3. The van der Waals surface area contributed by atoms with E-state index in [-0.39, 0.29) is 18.0 Å². The van der Waals surface area contributed by atoms with Crippen LogP contribution in [-0.4, -0.2) is 56.5 Å². The van der Waals surface area contributed by atoms with Crippen LogP contribution in [0.2, 0.25) is 0 Å². The Hall–Kier alpha value is -1.65. The van der Waals surface area contributed by atoms with Gasteiger partial charge in [0.15, 0.2) is 5.96 Å². The number of carboxylic acids is 1. The maximum absolute atomic E-state index is 11.6. The lowest BCUT2D eigenvalue weighted by atomic mass is 9.89. The van der Waals surface area contributed by atoms with Crippen LogP contribution in [0.5, 0.6) is 0 Å². The largest absolute Gasteiger partial charge is 0.478 e. The van der Waals surface area contributed by atoms with Crippen LogP contribution in [0.1, 0.15) is 19.8 Å². The van der Waals surface area contributed by atoms with Crippen molar-refractivity contribution in [1.82, 2.24) is 4.72 Å². The second kappa shape index (κ2) is 7.56. The summed E-state index contributed by atoms with van der Waals surface area (Å²) in [6.45, 7) is 2.24. The molecule has 0 aromatic heterocycles. The van der Waals surface area contributed by atoms with E-state index in [0.717, 1.165) is 6.26 Å². The fourth-order valence-electron chi connectivity index (χ4n) is 2.22. The summed E-state index contributed by atoms with van der Waals surface area (Å²) in [5.74, 6) is -1.36. The summed E-state index contributed by atoms with van der Waals surface area (Å²) < 4.78 is 31.1. The van der Waals surface area contributed by atoms with Crippen LogP contribution in [0.4, 0.5) is 0 Å². The molecular weight excluding hydrogens is 312 g/mol. The highest BCUT2D eigenvalue weighted by Crippen LogP contribution is 2.25. The van der Waals surface area contributed by atoms with Gasteiger partial charge >= 0.3 is 5.97 Å². The summed E-state index contributed by atoms with van der Waals surface area (Å²) in [4.78, 5) is 15.2. The van der Waals surface area contributed by atoms with Crippen LogP contribution in [-0.2, 0) is 19.6 Å². The third-order valence-electron chi connectivity index (χ3n) is 3.02. The predicted octanol–water partition coefficient (Wildman–Crippen LogP) is -1.24. The van der Waals surface area contributed by atoms with Gasteiger partial charge in [-0.25, -0.2) is 22.9 Å². The summed E-state index contributed by atoms with van der Waals surface area (Å²) in [6.07, 6.45) is 2.35. The van der Waals surface area contributed by atoms with Gasteiger partial charge in [-0.15, -0.1) is 0 Å². The lowest BCUT2D eigenvalue weighted by Gasteiger charge is -2.34. The average Bonchev–Trinajstić information content (AvgIpc) is 2.36. The van der Waals surface area contributed by atoms with E-state index in [2.05, 4.69) is 9.71 Å². The molecule has 6 N–H and O–H groups in total. The Morgan fingerprint density at radius 3 is 2.64 bits per heavy atom. The number of nitrogens with two attached hydrogens (primary N) is 2. The number of hydrogen-bond donors (Lipinski definition) is 4. The number of carbonyl (C=O) groups is 1. The second-order valence-electron chi connectivity index (χ2n) is 5.07. The molecule has 0 aromatic carbocycles. The Labute approximate surface area is 129 Å². The number of hydrogen-bond acceptors (Lipinski definition) is 5. The predicted molar refractivity (Wildman–Crippen MR) is 81.7 cm³/mol. The molecular formula is C12H22N4O5S. The standard InChI is InChI=1S/C12H22N4O5S/c1-3-4-21-9-6-7(11(17)18)5-8(15-12(13)14)10(9)16-22(2,19)20/h6,8-10,16H,3-5H2,1-2H3,(H,17,18)(H4,13,14,15)/t8?,9-,10-/m1/s1. The van der Waals surface area contributed by atoms with Gasteiger partial charge in [-0.2, -0.15) is 0 Å². The van der Waals surface area contributed by atoms with Crippen molar-refractivity contribution in [2.75, 3.05) is 12.9 Å². The van der Waals surface area contributed by atoms with Gasteiger partial charge in [-0.05, 0) is 12.5 Å². The third-order valence-corrected chi connectivity index (χ3v) is 3.72. The van der Waals surface area contributed by atoms with Gasteiger partial charge < -0.3 is 21.3 Å². The Morgan fingerprint density at radius 2 is 2.18 bits per heavy atom. The second-order valence-corrected chi connectivity index (χ2v) is 6.85. The number of guanidine groups is 1. The van der Waals surface area contributed by atoms with E-state index in [1.54, 1.807) is 0 Å². The number of rotatable bonds is 7. The molecule has 1 aliphatic carbocycles. The summed E-state index contributed by atoms with van der Waals surface area (Å²) in [6, 6.07) is -1.52.